The first-order valence-electron chi connectivity index (χ1n) is 5.06. The number of nitrogens with zero attached hydrogens (tertiary/aromatic N) is 2. The van der Waals surface area contributed by atoms with Crippen molar-refractivity contribution in [1.29, 1.82) is 0 Å². The summed E-state index contributed by atoms with van der Waals surface area (Å²) in [6.45, 7) is 0.324. The summed E-state index contributed by atoms with van der Waals surface area (Å²) in [6, 6.07) is 0. The Labute approximate surface area is 94.3 Å². The summed E-state index contributed by atoms with van der Waals surface area (Å²) in [4.78, 5) is 3.88. The van der Waals surface area contributed by atoms with Crippen molar-refractivity contribution in [3.8, 4) is 0 Å². The molecular weight excluding hydrogens is 232 g/mol. The quantitative estimate of drug-likeness (QED) is 0.513. The number of hydrogen-bond donors (Lipinski definition) is 3. The van der Waals surface area contributed by atoms with Crippen molar-refractivity contribution >= 4 is 10.0 Å². The molecule has 0 aliphatic rings. The number of aromatic amines is 1. The van der Waals surface area contributed by atoms with E-state index in [2.05, 4.69) is 19.9 Å². The Bertz CT molecular complexity index is 376. The van der Waals surface area contributed by atoms with Crippen molar-refractivity contribution < 1.29 is 13.5 Å². The Balaban J connectivity index is 2.20. The predicted molar refractivity (Wildman–Crippen MR) is 58.2 cm³/mol. The highest BCUT2D eigenvalue weighted by atomic mass is 32.2. The van der Waals surface area contributed by atoms with Crippen molar-refractivity contribution in [2.24, 2.45) is 0 Å². The van der Waals surface area contributed by atoms with Crippen LogP contribution in [-0.2, 0) is 16.4 Å². The summed E-state index contributed by atoms with van der Waals surface area (Å²) in [7, 11) is -3.23. The smallest absolute Gasteiger partial charge is 0.211 e. The second kappa shape index (κ2) is 6.56. The summed E-state index contributed by atoms with van der Waals surface area (Å²) in [5.41, 5.74) is 0. The van der Waals surface area contributed by atoms with Crippen LogP contribution in [-0.4, -0.2) is 47.6 Å². The standard InChI is InChI=1S/C8H16N4O3S/c13-5-1-2-6-16(14,15)11-4-3-8-9-7-10-12-8/h7,11,13H,1-6H2,(H,9,10,12). The van der Waals surface area contributed by atoms with E-state index >= 15 is 0 Å². The van der Waals surface area contributed by atoms with Gasteiger partial charge in [0.25, 0.3) is 0 Å². The molecule has 0 amide bonds. The van der Waals surface area contributed by atoms with E-state index in [0.29, 0.717) is 31.6 Å². The number of H-pyrrole nitrogens is 1. The molecule has 1 rings (SSSR count). The third-order valence-electron chi connectivity index (χ3n) is 1.97. The fraction of sp³-hybridized carbons (Fsp3) is 0.750. The van der Waals surface area contributed by atoms with Crippen LogP contribution in [0.1, 0.15) is 18.7 Å². The van der Waals surface area contributed by atoms with Crippen LogP contribution < -0.4 is 4.72 Å². The second-order valence-electron chi connectivity index (χ2n) is 3.33. The Morgan fingerprint density at radius 2 is 2.25 bits per heavy atom. The lowest BCUT2D eigenvalue weighted by Crippen LogP contribution is -2.28. The van der Waals surface area contributed by atoms with Crippen molar-refractivity contribution in [2.75, 3.05) is 18.9 Å². The van der Waals surface area contributed by atoms with E-state index in [0.717, 1.165) is 0 Å². The highest BCUT2D eigenvalue weighted by Gasteiger charge is 2.09. The van der Waals surface area contributed by atoms with E-state index in [1.165, 1.54) is 6.33 Å². The third-order valence-corrected chi connectivity index (χ3v) is 3.44. The fourth-order valence-corrected chi connectivity index (χ4v) is 2.29. The highest BCUT2D eigenvalue weighted by Crippen LogP contribution is 1.94. The monoisotopic (exact) mass is 248 g/mol. The zero-order chi connectivity index (χ0) is 11.9. The zero-order valence-corrected chi connectivity index (χ0v) is 9.70. The van der Waals surface area contributed by atoms with Gasteiger partial charge in [0, 0.05) is 19.6 Å². The van der Waals surface area contributed by atoms with Crippen LogP contribution in [0.15, 0.2) is 6.33 Å². The molecule has 0 fully saturated rings. The zero-order valence-electron chi connectivity index (χ0n) is 8.89. The van der Waals surface area contributed by atoms with Crippen LogP contribution in [0.5, 0.6) is 0 Å². The first kappa shape index (κ1) is 13.1. The van der Waals surface area contributed by atoms with Gasteiger partial charge in [0.2, 0.25) is 10.0 Å². The Kier molecular flexibility index (Phi) is 5.36. The van der Waals surface area contributed by atoms with Gasteiger partial charge in [-0.05, 0) is 12.8 Å². The van der Waals surface area contributed by atoms with Gasteiger partial charge in [-0.25, -0.2) is 18.1 Å². The maximum atomic E-state index is 11.4. The van der Waals surface area contributed by atoms with E-state index in [-0.39, 0.29) is 12.4 Å². The van der Waals surface area contributed by atoms with Gasteiger partial charge in [-0.3, -0.25) is 5.10 Å². The van der Waals surface area contributed by atoms with Gasteiger partial charge in [0.05, 0.1) is 5.75 Å². The van der Waals surface area contributed by atoms with E-state index in [1.54, 1.807) is 0 Å². The summed E-state index contributed by atoms with van der Waals surface area (Å²) in [5.74, 6) is 0.697. The van der Waals surface area contributed by atoms with Gasteiger partial charge in [-0.15, -0.1) is 0 Å². The molecule has 0 saturated heterocycles. The number of sulfonamides is 1. The minimum absolute atomic E-state index is 0.0214. The minimum Gasteiger partial charge on any atom is -0.396 e. The number of aliphatic hydroxyl groups is 1. The van der Waals surface area contributed by atoms with Crippen molar-refractivity contribution in [3.63, 3.8) is 0 Å². The number of nitrogens with one attached hydrogen (secondary N) is 2. The average molecular weight is 248 g/mol. The number of unbranched alkanes of at least 4 members (excludes halogenated alkanes) is 1. The lowest BCUT2D eigenvalue weighted by Gasteiger charge is -2.04. The van der Waals surface area contributed by atoms with Gasteiger partial charge in [0.1, 0.15) is 12.2 Å². The van der Waals surface area contributed by atoms with Crippen LogP contribution >= 0.6 is 0 Å². The molecule has 0 aromatic carbocycles. The molecule has 16 heavy (non-hydrogen) atoms. The molecular formula is C8H16N4O3S. The Morgan fingerprint density at radius 1 is 1.44 bits per heavy atom. The number of rotatable bonds is 8. The van der Waals surface area contributed by atoms with Gasteiger partial charge in [-0.1, -0.05) is 0 Å². The second-order valence-corrected chi connectivity index (χ2v) is 5.25. The molecule has 3 N–H and O–H groups in total. The molecule has 7 nitrogen and oxygen atoms in total. The first-order chi connectivity index (χ1) is 7.64. The summed E-state index contributed by atoms with van der Waals surface area (Å²) in [6.07, 6.45) is 2.83. The van der Waals surface area contributed by atoms with Crippen LogP contribution in [0.2, 0.25) is 0 Å². The topological polar surface area (TPSA) is 108 Å². The van der Waals surface area contributed by atoms with Crippen LogP contribution in [0.4, 0.5) is 0 Å². The number of aromatic nitrogens is 3. The molecule has 0 unspecified atom stereocenters. The van der Waals surface area contributed by atoms with Gasteiger partial charge in [-0.2, -0.15) is 5.10 Å². The van der Waals surface area contributed by atoms with Crippen LogP contribution in [0.25, 0.3) is 0 Å². The first-order valence-corrected chi connectivity index (χ1v) is 6.72. The normalized spacial score (nSPS) is 11.8. The molecule has 0 atom stereocenters. The number of hydrogen-bond acceptors (Lipinski definition) is 5. The minimum atomic E-state index is -3.23. The van der Waals surface area contributed by atoms with Crippen molar-refractivity contribution in [3.05, 3.63) is 12.2 Å². The molecule has 1 aromatic heterocycles. The van der Waals surface area contributed by atoms with Crippen molar-refractivity contribution in [2.45, 2.75) is 19.3 Å². The molecule has 0 aliphatic carbocycles. The molecule has 0 spiro atoms. The Hall–Kier alpha value is -0.990. The Morgan fingerprint density at radius 3 is 2.88 bits per heavy atom. The van der Waals surface area contributed by atoms with E-state index in [1.807, 2.05) is 0 Å². The van der Waals surface area contributed by atoms with Gasteiger partial charge in [0.15, 0.2) is 0 Å². The van der Waals surface area contributed by atoms with E-state index in [9.17, 15) is 8.42 Å². The summed E-state index contributed by atoms with van der Waals surface area (Å²) in [5, 5.41) is 14.8. The predicted octanol–water partition coefficient (Wildman–Crippen LogP) is -0.961. The fourth-order valence-electron chi connectivity index (χ4n) is 1.15. The molecule has 0 radical (unpaired) electrons. The summed E-state index contributed by atoms with van der Waals surface area (Å²) >= 11 is 0. The lowest BCUT2D eigenvalue weighted by atomic mass is 10.4. The molecule has 0 aliphatic heterocycles. The van der Waals surface area contributed by atoms with Crippen molar-refractivity contribution in [1.82, 2.24) is 19.9 Å². The van der Waals surface area contributed by atoms with E-state index in [4.69, 9.17) is 5.11 Å². The molecule has 92 valence electrons. The molecule has 8 heteroatoms. The summed E-state index contributed by atoms with van der Waals surface area (Å²) < 4.78 is 25.2. The SMILES string of the molecule is O=S(=O)(CCCCO)NCCc1ncn[nH]1. The van der Waals surface area contributed by atoms with Gasteiger partial charge >= 0.3 is 0 Å². The maximum Gasteiger partial charge on any atom is 0.211 e. The van der Waals surface area contributed by atoms with Crippen LogP contribution in [0, 0.1) is 0 Å². The number of aliphatic hydroxyl groups excluding tert-OH is 1. The largest absolute Gasteiger partial charge is 0.396 e. The molecule has 1 heterocycles. The van der Waals surface area contributed by atoms with E-state index < -0.39 is 10.0 Å². The molecule has 0 saturated carbocycles. The molecule has 0 bridgehead atoms. The third kappa shape index (κ3) is 5.19. The maximum absolute atomic E-state index is 11.4. The average Bonchev–Trinajstić information content (AvgIpc) is 2.70. The lowest BCUT2D eigenvalue weighted by molar-refractivity contribution is 0.287. The van der Waals surface area contributed by atoms with Gasteiger partial charge < -0.3 is 5.11 Å². The highest BCUT2D eigenvalue weighted by molar-refractivity contribution is 7.89. The molecule has 1 aromatic rings. The van der Waals surface area contributed by atoms with Crippen LogP contribution in [0.3, 0.4) is 0 Å².